The lowest BCUT2D eigenvalue weighted by Gasteiger charge is -2.33. The van der Waals surface area contributed by atoms with E-state index in [2.05, 4.69) is 10.3 Å². The second-order valence-corrected chi connectivity index (χ2v) is 6.57. The number of rotatable bonds is 2. The molecule has 1 fully saturated rings. The summed E-state index contributed by atoms with van der Waals surface area (Å²) in [6, 6.07) is 9.60. The van der Waals surface area contributed by atoms with Crippen LogP contribution < -0.4 is 10.2 Å². The van der Waals surface area contributed by atoms with Crippen LogP contribution in [-0.4, -0.2) is 39.6 Å². The van der Waals surface area contributed by atoms with Gasteiger partial charge in [0.25, 0.3) is 0 Å². The number of amides is 1. The summed E-state index contributed by atoms with van der Waals surface area (Å²) < 4.78 is 2.02. The SMILES string of the molecule is CC1C(=O)NCCN1c1cc(-c2nc3ccccc3n2C)c(Cl)cn1. The van der Waals surface area contributed by atoms with Gasteiger partial charge in [0.15, 0.2) is 0 Å². The van der Waals surface area contributed by atoms with Gasteiger partial charge in [0, 0.05) is 31.9 Å². The van der Waals surface area contributed by atoms with Crippen LogP contribution in [0.1, 0.15) is 6.92 Å². The van der Waals surface area contributed by atoms with Crippen molar-refractivity contribution in [1.29, 1.82) is 0 Å². The molecule has 1 aliphatic rings. The van der Waals surface area contributed by atoms with E-state index in [0.717, 1.165) is 28.2 Å². The van der Waals surface area contributed by atoms with Gasteiger partial charge >= 0.3 is 0 Å². The van der Waals surface area contributed by atoms with Crippen molar-refractivity contribution in [3.63, 3.8) is 0 Å². The molecule has 7 heteroatoms. The number of hydrogen-bond acceptors (Lipinski definition) is 4. The number of aryl methyl sites for hydroxylation is 1. The maximum absolute atomic E-state index is 11.9. The number of halogens is 1. The number of benzene rings is 1. The van der Waals surface area contributed by atoms with Crippen LogP contribution in [0.2, 0.25) is 5.02 Å². The van der Waals surface area contributed by atoms with E-state index < -0.39 is 0 Å². The number of nitrogens with one attached hydrogen (secondary N) is 1. The largest absolute Gasteiger partial charge is 0.353 e. The van der Waals surface area contributed by atoms with E-state index in [4.69, 9.17) is 16.6 Å². The molecule has 1 aliphatic heterocycles. The van der Waals surface area contributed by atoms with E-state index in [1.54, 1.807) is 6.20 Å². The molecule has 25 heavy (non-hydrogen) atoms. The topological polar surface area (TPSA) is 63.1 Å². The highest BCUT2D eigenvalue weighted by Crippen LogP contribution is 2.32. The molecule has 0 spiro atoms. The predicted octanol–water partition coefficient (Wildman–Crippen LogP) is 2.61. The first-order valence-electron chi connectivity index (χ1n) is 8.18. The molecule has 0 bridgehead atoms. The molecule has 1 amide bonds. The number of anilines is 1. The highest BCUT2D eigenvalue weighted by Gasteiger charge is 2.27. The van der Waals surface area contributed by atoms with Crippen LogP contribution >= 0.6 is 11.6 Å². The molecule has 1 aromatic carbocycles. The highest BCUT2D eigenvalue weighted by molar-refractivity contribution is 6.33. The van der Waals surface area contributed by atoms with Gasteiger partial charge in [-0.15, -0.1) is 0 Å². The summed E-state index contributed by atoms with van der Waals surface area (Å²) in [7, 11) is 1.97. The molecule has 3 aromatic rings. The zero-order chi connectivity index (χ0) is 17.6. The Kier molecular flexibility index (Phi) is 3.84. The number of fused-ring (bicyclic) bond motifs is 1. The Labute approximate surface area is 150 Å². The summed E-state index contributed by atoms with van der Waals surface area (Å²) in [5.41, 5.74) is 2.77. The van der Waals surface area contributed by atoms with Gasteiger partial charge in [-0.3, -0.25) is 4.79 Å². The summed E-state index contributed by atoms with van der Waals surface area (Å²) in [5.74, 6) is 1.52. The van der Waals surface area contributed by atoms with Crippen molar-refractivity contribution in [3.8, 4) is 11.4 Å². The van der Waals surface area contributed by atoms with Crippen molar-refractivity contribution in [2.24, 2.45) is 7.05 Å². The minimum absolute atomic E-state index is 0.00674. The van der Waals surface area contributed by atoms with Crippen molar-refractivity contribution in [3.05, 3.63) is 41.6 Å². The van der Waals surface area contributed by atoms with Gasteiger partial charge in [-0.25, -0.2) is 9.97 Å². The lowest BCUT2D eigenvalue weighted by Crippen LogP contribution is -2.54. The number of carbonyl (C=O) groups excluding carboxylic acids is 1. The Hall–Kier alpha value is -2.60. The quantitative estimate of drug-likeness (QED) is 0.767. The smallest absolute Gasteiger partial charge is 0.242 e. The molecule has 4 rings (SSSR count). The minimum atomic E-state index is -0.268. The molecule has 128 valence electrons. The number of carbonyl (C=O) groups is 1. The predicted molar refractivity (Wildman–Crippen MR) is 98.8 cm³/mol. The van der Waals surface area contributed by atoms with E-state index in [1.165, 1.54) is 0 Å². The van der Waals surface area contributed by atoms with Gasteiger partial charge in [-0.1, -0.05) is 23.7 Å². The number of aromatic nitrogens is 3. The molecule has 1 saturated heterocycles. The highest BCUT2D eigenvalue weighted by atomic mass is 35.5. The molecule has 1 N–H and O–H groups in total. The number of pyridine rings is 1. The Balaban J connectivity index is 1.82. The third-order valence-corrected chi connectivity index (χ3v) is 4.96. The fourth-order valence-electron chi connectivity index (χ4n) is 3.24. The summed E-state index contributed by atoms with van der Waals surface area (Å²) >= 11 is 6.42. The molecular formula is C18H18ClN5O. The third kappa shape index (κ3) is 2.62. The summed E-state index contributed by atoms with van der Waals surface area (Å²) in [6.45, 7) is 3.19. The van der Waals surface area contributed by atoms with Gasteiger partial charge in [0.05, 0.1) is 16.1 Å². The molecule has 0 radical (unpaired) electrons. The first-order valence-corrected chi connectivity index (χ1v) is 8.56. The number of para-hydroxylation sites is 2. The third-order valence-electron chi connectivity index (χ3n) is 4.66. The summed E-state index contributed by atoms with van der Waals surface area (Å²) in [6.07, 6.45) is 1.63. The monoisotopic (exact) mass is 355 g/mol. The van der Waals surface area contributed by atoms with Gasteiger partial charge in [-0.2, -0.15) is 0 Å². The molecule has 1 unspecified atom stereocenters. The average Bonchev–Trinajstić information content (AvgIpc) is 2.95. The van der Waals surface area contributed by atoms with Crippen LogP contribution in [0.25, 0.3) is 22.4 Å². The standard InChI is InChI=1S/C18H18ClN5O/c1-11-18(25)20-7-8-24(11)16-9-12(13(19)10-21-16)17-22-14-5-3-4-6-15(14)23(17)2/h3-6,9-11H,7-8H2,1-2H3,(H,20,25). The van der Waals surface area contributed by atoms with Crippen molar-refractivity contribution in [2.75, 3.05) is 18.0 Å². The van der Waals surface area contributed by atoms with Crippen molar-refractivity contribution >= 4 is 34.4 Å². The van der Waals surface area contributed by atoms with E-state index in [-0.39, 0.29) is 11.9 Å². The minimum Gasteiger partial charge on any atom is -0.353 e. The second-order valence-electron chi connectivity index (χ2n) is 6.17. The zero-order valence-corrected chi connectivity index (χ0v) is 14.8. The lowest BCUT2D eigenvalue weighted by atomic mass is 10.1. The van der Waals surface area contributed by atoms with E-state index in [0.29, 0.717) is 18.1 Å². The lowest BCUT2D eigenvalue weighted by molar-refractivity contribution is -0.122. The zero-order valence-electron chi connectivity index (χ0n) is 14.0. The normalized spacial score (nSPS) is 17.8. The number of hydrogen-bond donors (Lipinski definition) is 1. The Morgan fingerprint density at radius 1 is 1.32 bits per heavy atom. The Morgan fingerprint density at radius 3 is 2.92 bits per heavy atom. The molecule has 6 nitrogen and oxygen atoms in total. The summed E-state index contributed by atoms with van der Waals surface area (Å²) in [5, 5.41) is 3.40. The molecule has 0 aliphatic carbocycles. The fraction of sp³-hybridized carbons (Fsp3) is 0.278. The first kappa shape index (κ1) is 15.9. The van der Waals surface area contributed by atoms with Crippen LogP contribution in [-0.2, 0) is 11.8 Å². The molecular weight excluding hydrogens is 338 g/mol. The van der Waals surface area contributed by atoms with E-state index in [1.807, 2.05) is 53.8 Å². The molecule has 2 aromatic heterocycles. The van der Waals surface area contributed by atoms with Gasteiger partial charge in [-0.05, 0) is 25.1 Å². The van der Waals surface area contributed by atoms with Gasteiger partial charge in [0.1, 0.15) is 17.7 Å². The van der Waals surface area contributed by atoms with Crippen molar-refractivity contribution in [2.45, 2.75) is 13.0 Å². The van der Waals surface area contributed by atoms with E-state index >= 15 is 0 Å². The second kappa shape index (κ2) is 6.04. The first-order chi connectivity index (χ1) is 12.1. The van der Waals surface area contributed by atoms with Crippen molar-refractivity contribution in [1.82, 2.24) is 19.9 Å². The molecule has 1 atom stereocenters. The van der Waals surface area contributed by atoms with Crippen LogP contribution in [0, 0.1) is 0 Å². The van der Waals surface area contributed by atoms with Crippen molar-refractivity contribution < 1.29 is 4.79 Å². The van der Waals surface area contributed by atoms with Crippen LogP contribution in [0.15, 0.2) is 36.5 Å². The maximum Gasteiger partial charge on any atom is 0.242 e. The Bertz CT molecular complexity index is 967. The number of nitrogens with zero attached hydrogens (tertiary/aromatic N) is 4. The number of imidazole rings is 1. The van der Waals surface area contributed by atoms with Gasteiger partial charge in [0.2, 0.25) is 5.91 Å². The molecule has 0 saturated carbocycles. The fourth-order valence-corrected chi connectivity index (χ4v) is 3.43. The summed E-state index contributed by atoms with van der Waals surface area (Å²) in [4.78, 5) is 23.1. The van der Waals surface area contributed by atoms with Gasteiger partial charge < -0.3 is 14.8 Å². The van der Waals surface area contributed by atoms with Crippen LogP contribution in [0.5, 0.6) is 0 Å². The number of piperazine rings is 1. The maximum atomic E-state index is 11.9. The van der Waals surface area contributed by atoms with Crippen LogP contribution in [0.3, 0.4) is 0 Å². The molecule has 3 heterocycles. The average molecular weight is 356 g/mol. The van der Waals surface area contributed by atoms with Crippen LogP contribution in [0.4, 0.5) is 5.82 Å². The Morgan fingerprint density at radius 2 is 2.12 bits per heavy atom. The van der Waals surface area contributed by atoms with E-state index in [9.17, 15) is 4.79 Å².